The molecular formula is C6H11NO. The fourth-order valence-electron chi connectivity index (χ4n) is 0.416. The van der Waals surface area contributed by atoms with E-state index in [0.717, 1.165) is 12.8 Å². The van der Waals surface area contributed by atoms with Gasteiger partial charge in [0.25, 0.3) is 0 Å². The molecule has 0 radical (unpaired) electrons. The van der Waals surface area contributed by atoms with E-state index in [4.69, 9.17) is 0 Å². The summed E-state index contributed by atoms with van der Waals surface area (Å²) in [7, 11) is 0. The fraction of sp³-hybridized carbons (Fsp3) is 0.500. The Kier molecular flexibility index (Phi) is 3.94. The maximum atomic E-state index is 10.00. The second kappa shape index (κ2) is 4.37. The van der Waals surface area contributed by atoms with Crippen LogP contribution >= 0.6 is 0 Å². The van der Waals surface area contributed by atoms with Gasteiger partial charge < -0.3 is 5.32 Å². The first-order chi connectivity index (χ1) is 3.85. The number of carbonyl (C=O) groups excluding carboxylic acids is 1. The molecule has 2 nitrogen and oxygen atoms in total. The Morgan fingerprint density at radius 3 is 2.50 bits per heavy atom. The molecule has 0 aromatic heterocycles. The van der Waals surface area contributed by atoms with Crippen molar-refractivity contribution in [1.82, 2.24) is 5.32 Å². The van der Waals surface area contributed by atoms with E-state index in [-0.39, 0.29) is 0 Å². The smallest absolute Gasteiger partial charge is 0.165 e. The lowest BCUT2D eigenvalue weighted by molar-refractivity contribution is -0.105. The Labute approximate surface area is 49.6 Å². The van der Waals surface area contributed by atoms with Gasteiger partial charge >= 0.3 is 0 Å². The van der Waals surface area contributed by atoms with Crippen LogP contribution in [0.15, 0.2) is 11.8 Å². The van der Waals surface area contributed by atoms with Gasteiger partial charge in [0.05, 0.1) is 5.70 Å². The van der Waals surface area contributed by atoms with Gasteiger partial charge in [0.1, 0.15) is 0 Å². The quantitative estimate of drug-likeness (QED) is 0.431. The number of allylic oxidation sites excluding steroid dienone is 2. The highest BCUT2D eigenvalue weighted by molar-refractivity contribution is 5.71. The van der Waals surface area contributed by atoms with Crippen LogP contribution in [0.1, 0.15) is 13.8 Å². The molecule has 0 saturated carbocycles. The topological polar surface area (TPSA) is 29.1 Å². The monoisotopic (exact) mass is 113 g/mol. The number of hydrogen-bond acceptors (Lipinski definition) is 2. The minimum Gasteiger partial charge on any atom is -0.383 e. The van der Waals surface area contributed by atoms with Crippen LogP contribution in [0, 0.1) is 0 Å². The number of aldehydes is 1. The summed E-state index contributed by atoms with van der Waals surface area (Å²) in [5.74, 6) is 0. The summed E-state index contributed by atoms with van der Waals surface area (Å²) in [5.41, 5.74) is 0.660. The van der Waals surface area contributed by atoms with E-state index in [0.29, 0.717) is 5.70 Å². The largest absolute Gasteiger partial charge is 0.383 e. The predicted molar refractivity (Wildman–Crippen MR) is 33.5 cm³/mol. The molecule has 1 N–H and O–H groups in total. The first-order valence-electron chi connectivity index (χ1n) is 2.70. The van der Waals surface area contributed by atoms with Crippen LogP contribution in [-0.2, 0) is 4.79 Å². The van der Waals surface area contributed by atoms with Gasteiger partial charge in [-0.25, -0.2) is 0 Å². The Balaban J connectivity index is 3.54. The van der Waals surface area contributed by atoms with Crippen molar-refractivity contribution in [2.45, 2.75) is 13.8 Å². The Morgan fingerprint density at radius 2 is 2.38 bits per heavy atom. The fourth-order valence-corrected chi connectivity index (χ4v) is 0.416. The lowest BCUT2D eigenvalue weighted by Gasteiger charge is -1.96. The first kappa shape index (κ1) is 7.21. The Hall–Kier alpha value is -0.790. The van der Waals surface area contributed by atoms with E-state index in [1.807, 2.05) is 13.8 Å². The lowest BCUT2D eigenvalue weighted by atomic mass is 10.4. The van der Waals surface area contributed by atoms with Crippen LogP contribution in [-0.4, -0.2) is 12.8 Å². The van der Waals surface area contributed by atoms with Crippen LogP contribution in [0.5, 0.6) is 0 Å². The number of nitrogens with one attached hydrogen (secondary N) is 1. The second-order valence-corrected chi connectivity index (χ2v) is 1.39. The molecule has 0 unspecified atom stereocenters. The van der Waals surface area contributed by atoms with Crippen molar-refractivity contribution in [1.29, 1.82) is 0 Å². The molecule has 0 rings (SSSR count). The summed E-state index contributed by atoms with van der Waals surface area (Å²) in [6.45, 7) is 4.58. The summed E-state index contributed by atoms with van der Waals surface area (Å²) >= 11 is 0. The number of carbonyl (C=O) groups is 1. The summed E-state index contributed by atoms with van der Waals surface area (Å²) in [4.78, 5) is 10.00. The predicted octanol–water partition coefficient (Wildman–Crippen LogP) is 0.699. The van der Waals surface area contributed by atoms with E-state index in [1.54, 1.807) is 6.08 Å². The maximum absolute atomic E-state index is 10.00. The van der Waals surface area contributed by atoms with Crippen LogP contribution in [0.25, 0.3) is 0 Å². The van der Waals surface area contributed by atoms with Crippen molar-refractivity contribution in [2.24, 2.45) is 0 Å². The van der Waals surface area contributed by atoms with Crippen LogP contribution in [0.4, 0.5) is 0 Å². The van der Waals surface area contributed by atoms with Crippen LogP contribution in [0.3, 0.4) is 0 Å². The lowest BCUT2D eigenvalue weighted by Crippen LogP contribution is -2.12. The summed E-state index contributed by atoms with van der Waals surface area (Å²) < 4.78 is 0. The third kappa shape index (κ3) is 2.39. The van der Waals surface area contributed by atoms with E-state index in [2.05, 4.69) is 5.32 Å². The van der Waals surface area contributed by atoms with Gasteiger partial charge in [0.15, 0.2) is 6.29 Å². The molecule has 0 spiro atoms. The molecular weight excluding hydrogens is 102 g/mol. The van der Waals surface area contributed by atoms with E-state index < -0.39 is 0 Å². The van der Waals surface area contributed by atoms with Crippen molar-refractivity contribution in [3.8, 4) is 0 Å². The van der Waals surface area contributed by atoms with Crippen LogP contribution in [0.2, 0.25) is 0 Å². The number of rotatable bonds is 3. The molecule has 0 aliphatic carbocycles. The maximum Gasteiger partial charge on any atom is 0.165 e. The highest BCUT2D eigenvalue weighted by atomic mass is 16.1. The molecule has 0 aliphatic heterocycles. The van der Waals surface area contributed by atoms with Gasteiger partial charge in [-0.1, -0.05) is 6.08 Å². The van der Waals surface area contributed by atoms with Gasteiger partial charge in [0.2, 0.25) is 0 Å². The zero-order chi connectivity index (χ0) is 6.41. The van der Waals surface area contributed by atoms with Crippen molar-refractivity contribution >= 4 is 6.29 Å². The summed E-state index contributed by atoms with van der Waals surface area (Å²) in [6.07, 6.45) is 2.56. The summed E-state index contributed by atoms with van der Waals surface area (Å²) in [5, 5.41) is 2.88. The summed E-state index contributed by atoms with van der Waals surface area (Å²) in [6, 6.07) is 0. The van der Waals surface area contributed by atoms with Crippen molar-refractivity contribution in [3.05, 3.63) is 11.8 Å². The molecule has 0 fully saturated rings. The molecule has 0 amide bonds. The Morgan fingerprint density at radius 1 is 1.75 bits per heavy atom. The van der Waals surface area contributed by atoms with E-state index in [1.165, 1.54) is 0 Å². The normalized spacial score (nSPS) is 11.0. The average Bonchev–Trinajstić information content (AvgIpc) is 1.83. The van der Waals surface area contributed by atoms with Crippen molar-refractivity contribution < 1.29 is 4.79 Å². The third-order valence-corrected chi connectivity index (χ3v) is 0.819. The third-order valence-electron chi connectivity index (χ3n) is 0.819. The van der Waals surface area contributed by atoms with Crippen molar-refractivity contribution in [3.63, 3.8) is 0 Å². The second-order valence-electron chi connectivity index (χ2n) is 1.39. The first-order valence-corrected chi connectivity index (χ1v) is 2.70. The molecule has 2 heteroatoms. The van der Waals surface area contributed by atoms with Crippen LogP contribution < -0.4 is 5.32 Å². The molecule has 0 aromatic carbocycles. The number of likely N-dealkylation sites (N-methyl/N-ethyl adjacent to an activating group) is 1. The average molecular weight is 113 g/mol. The number of hydrogen-bond donors (Lipinski definition) is 1. The van der Waals surface area contributed by atoms with Gasteiger partial charge in [-0.05, 0) is 13.8 Å². The minimum atomic E-state index is 0.660. The molecule has 0 atom stereocenters. The van der Waals surface area contributed by atoms with Gasteiger partial charge in [0, 0.05) is 6.54 Å². The molecule has 0 saturated heterocycles. The minimum absolute atomic E-state index is 0.660. The van der Waals surface area contributed by atoms with Gasteiger partial charge in [-0.2, -0.15) is 0 Å². The van der Waals surface area contributed by atoms with Gasteiger partial charge in [-0.15, -0.1) is 0 Å². The molecule has 0 heterocycles. The highest BCUT2D eigenvalue weighted by Gasteiger charge is 1.84. The van der Waals surface area contributed by atoms with Crippen molar-refractivity contribution in [2.75, 3.05) is 6.54 Å². The molecule has 0 aliphatic rings. The van der Waals surface area contributed by atoms with Gasteiger partial charge in [-0.3, -0.25) is 4.79 Å². The van der Waals surface area contributed by atoms with E-state index >= 15 is 0 Å². The SMILES string of the molecule is C/C=C(\C=O)NCC. The zero-order valence-corrected chi connectivity index (χ0v) is 5.27. The molecule has 46 valence electrons. The molecule has 8 heavy (non-hydrogen) atoms. The molecule has 0 bridgehead atoms. The Bertz CT molecular complexity index is 96.7. The zero-order valence-electron chi connectivity index (χ0n) is 5.27. The van der Waals surface area contributed by atoms with E-state index in [9.17, 15) is 4.79 Å². The molecule has 0 aromatic rings. The standard InChI is InChI=1S/C6H11NO/c1-3-6(5-8)7-4-2/h3,5,7H,4H2,1-2H3/b6-3+. The highest BCUT2D eigenvalue weighted by Crippen LogP contribution is 1.78.